The van der Waals surface area contributed by atoms with Crippen LogP contribution in [-0.2, 0) is 4.74 Å². The van der Waals surface area contributed by atoms with Gasteiger partial charge in [0.25, 0.3) is 0 Å². The molecule has 1 aliphatic rings. The van der Waals surface area contributed by atoms with E-state index in [2.05, 4.69) is 36.2 Å². The van der Waals surface area contributed by atoms with Crippen molar-refractivity contribution >= 4 is 5.71 Å². The Balaban J connectivity index is 2.12. The fourth-order valence-electron chi connectivity index (χ4n) is 1.79. The van der Waals surface area contributed by atoms with Gasteiger partial charge in [0, 0.05) is 0 Å². The van der Waals surface area contributed by atoms with E-state index in [4.69, 9.17) is 9.84 Å². The molecule has 0 aromatic heterocycles. The molecule has 2 rings (SSSR count). The van der Waals surface area contributed by atoms with E-state index in [-0.39, 0.29) is 0 Å². The summed E-state index contributed by atoms with van der Waals surface area (Å²) in [5, 5.41) is 6.80. The first kappa shape index (κ1) is 11.1. The van der Waals surface area contributed by atoms with E-state index in [1.54, 1.807) is 0 Å². The lowest BCUT2D eigenvalue weighted by Crippen LogP contribution is -2.33. The molecule has 0 aliphatic carbocycles. The van der Waals surface area contributed by atoms with Crippen LogP contribution < -0.4 is 0 Å². The van der Waals surface area contributed by atoms with E-state index in [0.717, 1.165) is 38.4 Å². The number of rotatable bonds is 3. The molecule has 0 bridgehead atoms. The van der Waals surface area contributed by atoms with Crippen LogP contribution in [0, 0.1) is 0 Å². The molecule has 0 atom stereocenters. The summed E-state index contributed by atoms with van der Waals surface area (Å²) in [5.41, 5.74) is 2.37. The number of nitrogens with zero attached hydrogens (tertiary/aromatic N) is 2. The summed E-state index contributed by atoms with van der Waals surface area (Å²) in [5.74, 6) is 0. The molecule has 1 saturated heterocycles. The van der Waals surface area contributed by atoms with Crippen molar-refractivity contribution < 1.29 is 4.74 Å². The average Bonchev–Trinajstić information content (AvgIpc) is 2.38. The molecule has 0 N–H and O–H groups in total. The highest BCUT2D eigenvalue weighted by Crippen LogP contribution is 2.07. The monoisotopic (exact) mass is 218 g/mol. The lowest BCUT2D eigenvalue weighted by atomic mass is 10.1. The van der Waals surface area contributed by atoms with Gasteiger partial charge in [-0.1, -0.05) is 37.3 Å². The molecule has 1 aromatic rings. The van der Waals surface area contributed by atoms with E-state index in [0.29, 0.717) is 0 Å². The normalized spacial score (nSPS) is 17.6. The van der Waals surface area contributed by atoms with Crippen LogP contribution in [0.3, 0.4) is 0 Å². The third-order valence-electron chi connectivity index (χ3n) is 2.69. The maximum atomic E-state index is 5.31. The first-order valence-corrected chi connectivity index (χ1v) is 5.85. The number of hydrazone groups is 1. The van der Waals surface area contributed by atoms with E-state index < -0.39 is 0 Å². The maximum absolute atomic E-state index is 5.31. The topological polar surface area (TPSA) is 24.8 Å². The number of hydrogen-bond donors (Lipinski definition) is 0. The van der Waals surface area contributed by atoms with Crippen molar-refractivity contribution in [2.75, 3.05) is 26.3 Å². The summed E-state index contributed by atoms with van der Waals surface area (Å²) in [6, 6.07) is 10.4. The predicted octanol–water partition coefficient (Wildman–Crippen LogP) is 2.13. The van der Waals surface area contributed by atoms with Crippen LogP contribution in [0.5, 0.6) is 0 Å². The molecule has 0 radical (unpaired) electrons. The Morgan fingerprint density at radius 3 is 2.56 bits per heavy atom. The van der Waals surface area contributed by atoms with E-state index in [9.17, 15) is 0 Å². The Morgan fingerprint density at radius 2 is 1.94 bits per heavy atom. The van der Waals surface area contributed by atoms with E-state index in [1.165, 1.54) is 5.56 Å². The second kappa shape index (κ2) is 5.66. The van der Waals surface area contributed by atoms with Crippen molar-refractivity contribution in [3.8, 4) is 0 Å². The SMILES string of the molecule is CCC(=NN1CCOCC1)c1ccccc1. The van der Waals surface area contributed by atoms with Crippen LogP contribution in [0.4, 0.5) is 0 Å². The quantitative estimate of drug-likeness (QED) is 0.726. The third-order valence-corrected chi connectivity index (χ3v) is 2.69. The lowest BCUT2D eigenvalue weighted by molar-refractivity contribution is 0.0393. The molecule has 1 aromatic carbocycles. The second-order valence-corrected chi connectivity index (χ2v) is 3.83. The van der Waals surface area contributed by atoms with Gasteiger partial charge in [-0.3, -0.25) is 5.01 Å². The summed E-state index contributed by atoms with van der Waals surface area (Å²) in [6.45, 7) is 5.52. The number of ether oxygens (including phenoxy) is 1. The van der Waals surface area contributed by atoms with Gasteiger partial charge in [-0.2, -0.15) is 5.10 Å². The van der Waals surface area contributed by atoms with Gasteiger partial charge in [-0.25, -0.2) is 0 Å². The van der Waals surface area contributed by atoms with Gasteiger partial charge in [0.2, 0.25) is 0 Å². The Bertz CT molecular complexity index is 342. The molecule has 0 amide bonds. The second-order valence-electron chi connectivity index (χ2n) is 3.83. The molecular formula is C13H18N2O. The predicted molar refractivity (Wildman–Crippen MR) is 65.7 cm³/mol. The lowest BCUT2D eigenvalue weighted by Gasteiger charge is -2.25. The minimum atomic E-state index is 0.787. The number of hydrogen-bond acceptors (Lipinski definition) is 3. The molecule has 1 heterocycles. The zero-order chi connectivity index (χ0) is 11.2. The van der Waals surface area contributed by atoms with Crippen LogP contribution >= 0.6 is 0 Å². The molecule has 1 fully saturated rings. The molecule has 0 saturated carbocycles. The Hall–Kier alpha value is -1.35. The Labute approximate surface area is 96.7 Å². The fourth-order valence-corrected chi connectivity index (χ4v) is 1.79. The van der Waals surface area contributed by atoms with Crippen LogP contribution in [0.2, 0.25) is 0 Å². The molecule has 0 unspecified atom stereocenters. The summed E-state index contributed by atoms with van der Waals surface area (Å²) in [6.07, 6.45) is 0.960. The standard InChI is InChI=1S/C13H18N2O/c1-2-13(12-6-4-3-5-7-12)14-15-8-10-16-11-9-15/h3-7H,2,8-11H2,1H3. The zero-order valence-electron chi connectivity index (χ0n) is 9.72. The minimum Gasteiger partial charge on any atom is -0.378 e. The molecule has 1 aliphatic heterocycles. The maximum Gasteiger partial charge on any atom is 0.0674 e. The van der Waals surface area contributed by atoms with Crippen molar-refractivity contribution in [1.29, 1.82) is 0 Å². The minimum absolute atomic E-state index is 0.787. The highest BCUT2D eigenvalue weighted by Gasteiger charge is 2.09. The van der Waals surface area contributed by atoms with Crippen LogP contribution in [0.25, 0.3) is 0 Å². The molecule has 3 nitrogen and oxygen atoms in total. The molecular weight excluding hydrogens is 200 g/mol. The fraction of sp³-hybridized carbons (Fsp3) is 0.462. The highest BCUT2D eigenvalue weighted by molar-refractivity contribution is 6.00. The summed E-state index contributed by atoms with van der Waals surface area (Å²) in [7, 11) is 0. The van der Waals surface area contributed by atoms with Crippen molar-refractivity contribution in [3.05, 3.63) is 35.9 Å². The van der Waals surface area contributed by atoms with Crippen molar-refractivity contribution in [2.24, 2.45) is 5.10 Å². The Kier molecular flexibility index (Phi) is 3.94. The number of benzene rings is 1. The first-order valence-electron chi connectivity index (χ1n) is 5.85. The van der Waals surface area contributed by atoms with Gasteiger partial charge in [-0.05, 0) is 12.0 Å². The van der Waals surface area contributed by atoms with Gasteiger partial charge < -0.3 is 4.74 Å². The Morgan fingerprint density at radius 1 is 1.25 bits per heavy atom. The number of morpholine rings is 1. The summed E-state index contributed by atoms with van der Waals surface area (Å²) in [4.78, 5) is 0. The van der Waals surface area contributed by atoms with Gasteiger partial charge in [0.15, 0.2) is 0 Å². The van der Waals surface area contributed by atoms with E-state index in [1.807, 2.05) is 6.07 Å². The average molecular weight is 218 g/mol. The van der Waals surface area contributed by atoms with Crippen LogP contribution in [0.1, 0.15) is 18.9 Å². The summed E-state index contributed by atoms with van der Waals surface area (Å²) >= 11 is 0. The summed E-state index contributed by atoms with van der Waals surface area (Å²) < 4.78 is 5.31. The molecule has 0 spiro atoms. The van der Waals surface area contributed by atoms with Gasteiger partial charge >= 0.3 is 0 Å². The molecule has 86 valence electrons. The van der Waals surface area contributed by atoms with Crippen molar-refractivity contribution in [3.63, 3.8) is 0 Å². The first-order chi connectivity index (χ1) is 7.90. The van der Waals surface area contributed by atoms with Gasteiger partial charge in [0.1, 0.15) is 0 Å². The van der Waals surface area contributed by atoms with E-state index >= 15 is 0 Å². The third kappa shape index (κ3) is 2.83. The zero-order valence-corrected chi connectivity index (χ0v) is 9.72. The van der Waals surface area contributed by atoms with Gasteiger partial charge in [0.05, 0.1) is 32.0 Å². The highest BCUT2D eigenvalue weighted by atomic mass is 16.5. The van der Waals surface area contributed by atoms with Crippen LogP contribution in [-0.4, -0.2) is 37.0 Å². The molecule has 16 heavy (non-hydrogen) atoms. The largest absolute Gasteiger partial charge is 0.378 e. The van der Waals surface area contributed by atoms with Crippen molar-refractivity contribution in [2.45, 2.75) is 13.3 Å². The smallest absolute Gasteiger partial charge is 0.0674 e. The van der Waals surface area contributed by atoms with Crippen molar-refractivity contribution in [1.82, 2.24) is 5.01 Å². The van der Waals surface area contributed by atoms with Gasteiger partial charge in [-0.15, -0.1) is 0 Å². The molecule has 3 heteroatoms. The van der Waals surface area contributed by atoms with Crippen LogP contribution in [0.15, 0.2) is 35.4 Å².